The third-order valence-electron chi connectivity index (χ3n) is 1.84. The summed E-state index contributed by atoms with van der Waals surface area (Å²) in [5.41, 5.74) is -5.28. The van der Waals surface area contributed by atoms with Gasteiger partial charge in [-0.1, -0.05) is 13.2 Å². The zero-order valence-electron chi connectivity index (χ0n) is 7.59. The summed E-state index contributed by atoms with van der Waals surface area (Å²) in [5, 5.41) is 0. The normalized spacial score (nSPS) is 17.8. The highest BCUT2D eigenvalue weighted by molar-refractivity contribution is 5.21. The van der Waals surface area contributed by atoms with E-state index in [1.807, 2.05) is 0 Å². The molecule has 0 N–H and O–H groups in total. The van der Waals surface area contributed by atoms with Crippen molar-refractivity contribution in [2.24, 2.45) is 0 Å². The lowest BCUT2D eigenvalue weighted by atomic mass is 9.89. The van der Waals surface area contributed by atoms with Crippen LogP contribution in [0.5, 0.6) is 0 Å². The first kappa shape index (κ1) is 14.9. The van der Waals surface area contributed by atoms with Gasteiger partial charge in [0.1, 0.15) is 0 Å². The van der Waals surface area contributed by atoms with Gasteiger partial charge in [-0.25, -0.2) is 4.39 Å². The molecule has 16 heavy (non-hydrogen) atoms. The summed E-state index contributed by atoms with van der Waals surface area (Å²) in [6.07, 6.45) is -7.88. The van der Waals surface area contributed by atoms with Crippen LogP contribution >= 0.6 is 0 Å². The number of allylic oxidation sites excluding steroid dienone is 2. The van der Waals surface area contributed by atoms with E-state index in [-0.39, 0.29) is 0 Å². The number of hydrogen-bond donors (Lipinski definition) is 0. The Hall–Kier alpha value is -1.08. The van der Waals surface area contributed by atoms with Crippen LogP contribution in [0.25, 0.3) is 0 Å². The minimum absolute atomic E-state index is 0.631. The Kier molecular flexibility index (Phi) is 3.49. The molecule has 0 aliphatic carbocycles. The molecule has 0 aliphatic heterocycles. The van der Waals surface area contributed by atoms with Gasteiger partial charge in [0.2, 0.25) is 0 Å². The van der Waals surface area contributed by atoms with Crippen LogP contribution in [-0.2, 0) is 0 Å². The molecule has 0 nitrogen and oxygen atoms in total. The van der Waals surface area contributed by atoms with E-state index < -0.39 is 35.8 Å². The number of hydrogen-bond acceptors (Lipinski definition) is 0. The van der Waals surface area contributed by atoms with Crippen molar-refractivity contribution in [1.29, 1.82) is 0 Å². The van der Waals surface area contributed by atoms with Crippen molar-refractivity contribution in [2.75, 3.05) is 0 Å². The Morgan fingerprint density at radius 3 is 1.25 bits per heavy atom. The standard InChI is InChI=1S/C8H6F8/c1-3-5(9,6(10,11)4-2)7(12,13)8(14,15)16/h3-4H,1-2H2. The van der Waals surface area contributed by atoms with Crippen molar-refractivity contribution in [3.63, 3.8) is 0 Å². The molecule has 0 radical (unpaired) electrons. The second-order valence-corrected chi connectivity index (χ2v) is 2.82. The zero-order chi connectivity index (χ0) is 13.4. The molecule has 8 heteroatoms. The first-order valence-electron chi connectivity index (χ1n) is 3.66. The average molecular weight is 254 g/mol. The molecule has 0 aromatic rings. The van der Waals surface area contributed by atoms with Crippen LogP contribution in [0.3, 0.4) is 0 Å². The fourth-order valence-electron chi connectivity index (χ4n) is 0.828. The maximum atomic E-state index is 13.2. The minimum Gasteiger partial charge on any atom is -0.225 e. The Bertz CT molecular complexity index is 289. The van der Waals surface area contributed by atoms with Gasteiger partial charge in [-0.2, -0.15) is 30.7 Å². The van der Waals surface area contributed by atoms with Crippen molar-refractivity contribution >= 4 is 0 Å². The second kappa shape index (κ2) is 3.74. The highest BCUT2D eigenvalue weighted by atomic mass is 19.4. The summed E-state index contributed by atoms with van der Waals surface area (Å²) in [5.74, 6) is -11.4. The van der Waals surface area contributed by atoms with E-state index in [2.05, 4.69) is 13.2 Å². The van der Waals surface area contributed by atoms with E-state index in [1.54, 1.807) is 0 Å². The van der Waals surface area contributed by atoms with E-state index >= 15 is 0 Å². The molecule has 1 atom stereocenters. The average Bonchev–Trinajstić information content (AvgIpc) is 2.14. The molecular formula is C8H6F8. The lowest BCUT2D eigenvalue weighted by Crippen LogP contribution is -2.61. The Morgan fingerprint density at radius 2 is 1.06 bits per heavy atom. The second-order valence-electron chi connectivity index (χ2n) is 2.82. The third kappa shape index (κ3) is 1.80. The topological polar surface area (TPSA) is 0 Å². The molecule has 0 saturated heterocycles. The molecule has 1 unspecified atom stereocenters. The zero-order valence-corrected chi connectivity index (χ0v) is 7.59. The molecule has 94 valence electrons. The minimum atomic E-state index is -6.47. The lowest BCUT2D eigenvalue weighted by Gasteiger charge is -2.36. The molecular weight excluding hydrogens is 248 g/mol. The molecule has 0 spiro atoms. The fraction of sp³-hybridized carbons (Fsp3) is 0.500. The van der Waals surface area contributed by atoms with Crippen molar-refractivity contribution in [3.8, 4) is 0 Å². The first-order valence-corrected chi connectivity index (χ1v) is 3.66. The van der Waals surface area contributed by atoms with Gasteiger partial charge < -0.3 is 0 Å². The van der Waals surface area contributed by atoms with E-state index in [1.165, 1.54) is 0 Å². The van der Waals surface area contributed by atoms with Crippen LogP contribution in [0.4, 0.5) is 35.1 Å². The number of rotatable bonds is 4. The maximum Gasteiger partial charge on any atom is 0.457 e. The van der Waals surface area contributed by atoms with Gasteiger partial charge in [0, 0.05) is 0 Å². The summed E-state index contributed by atoms with van der Waals surface area (Å²) in [6.45, 7) is 4.55. The molecule has 0 saturated carbocycles. The highest BCUT2D eigenvalue weighted by Gasteiger charge is 2.78. The van der Waals surface area contributed by atoms with Crippen LogP contribution in [-0.4, -0.2) is 23.7 Å². The van der Waals surface area contributed by atoms with E-state index in [9.17, 15) is 35.1 Å². The van der Waals surface area contributed by atoms with Gasteiger partial charge in [-0.15, -0.1) is 0 Å². The van der Waals surface area contributed by atoms with E-state index in [0.717, 1.165) is 0 Å². The molecule has 0 heterocycles. The van der Waals surface area contributed by atoms with Crippen molar-refractivity contribution in [2.45, 2.75) is 23.7 Å². The van der Waals surface area contributed by atoms with Crippen LogP contribution in [0.1, 0.15) is 0 Å². The van der Waals surface area contributed by atoms with Crippen molar-refractivity contribution in [1.82, 2.24) is 0 Å². The van der Waals surface area contributed by atoms with E-state index in [0.29, 0.717) is 0 Å². The van der Waals surface area contributed by atoms with Gasteiger partial charge in [0.05, 0.1) is 0 Å². The maximum absolute atomic E-state index is 13.2. The van der Waals surface area contributed by atoms with Crippen LogP contribution in [0.15, 0.2) is 25.3 Å². The molecule has 0 aromatic carbocycles. The van der Waals surface area contributed by atoms with Crippen molar-refractivity contribution in [3.05, 3.63) is 25.3 Å². The summed E-state index contributed by atoms with van der Waals surface area (Å²) in [4.78, 5) is 0. The summed E-state index contributed by atoms with van der Waals surface area (Å²) >= 11 is 0. The number of halogens is 8. The van der Waals surface area contributed by atoms with E-state index in [4.69, 9.17) is 0 Å². The van der Waals surface area contributed by atoms with Crippen LogP contribution in [0.2, 0.25) is 0 Å². The summed E-state index contributed by atoms with van der Waals surface area (Å²) < 4.78 is 99.0. The Balaban J connectivity index is 5.79. The van der Waals surface area contributed by atoms with Crippen LogP contribution < -0.4 is 0 Å². The third-order valence-corrected chi connectivity index (χ3v) is 1.84. The van der Waals surface area contributed by atoms with Gasteiger partial charge in [0.25, 0.3) is 5.67 Å². The molecule has 0 bridgehead atoms. The predicted molar refractivity (Wildman–Crippen MR) is 40.2 cm³/mol. The quantitative estimate of drug-likeness (QED) is 0.527. The SMILES string of the molecule is C=CC(F)(F)C(F)(C=C)C(F)(F)C(F)(F)F. The van der Waals surface area contributed by atoms with Gasteiger partial charge in [-0.3, -0.25) is 0 Å². The smallest absolute Gasteiger partial charge is 0.225 e. The Labute approximate surface area is 85.2 Å². The molecule has 0 amide bonds. The number of alkyl halides is 8. The fourth-order valence-corrected chi connectivity index (χ4v) is 0.828. The first-order chi connectivity index (χ1) is 6.87. The van der Waals surface area contributed by atoms with Gasteiger partial charge >= 0.3 is 18.0 Å². The monoisotopic (exact) mass is 254 g/mol. The molecule has 0 rings (SSSR count). The van der Waals surface area contributed by atoms with Gasteiger partial charge in [0.15, 0.2) is 0 Å². The molecule has 0 aromatic heterocycles. The largest absolute Gasteiger partial charge is 0.457 e. The molecule has 0 fully saturated rings. The van der Waals surface area contributed by atoms with Crippen LogP contribution in [0, 0.1) is 0 Å². The molecule has 0 aliphatic rings. The predicted octanol–water partition coefficient (Wildman–Crippen LogP) is 3.90. The highest BCUT2D eigenvalue weighted by Crippen LogP contribution is 2.52. The van der Waals surface area contributed by atoms with Crippen molar-refractivity contribution < 1.29 is 35.1 Å². The Morgan fingerprint density at radius 1 is 0.688 bits per heavy atom. The summed E-state index contributed by atoms with van der Waals surface area (Å²) in [7, 11) is 0. The van der Waals surface area contributed by atoms with Gasteiger partial charge in [-0.05, 0) is 12.2 Å². The summed E-state index contributed by atoms with van der Waals surface area (Å²) in [6, 6.07) is 0. The lowest BCUT2D eigenvalue weighted by molar-refractivity contribution is -0.342.